The molecule has 1 spiro atoms. The normalized spacial score (nSPS) is 26.2. The SMILES string of the molecule is COc1c(O)ccc2c1C#CCc1cc(c3c4c1OCN[C@@]1(CC#C[C@H]5NC(N)=N[C@H](C(C)C)CSSC[C@H]5[C@H](C3)[C@H](O)O4)CCC[C@H](Cc3cc(O)cc([C@H](CCCO)Cc4ccccc4)c3)C1)CC[C@@H](O)CC(=O)CC2. The topological polar surface area (TPSA) is 208 Å². The molecule has 4 aliphatic heterocycles. The van der Waals surface area contributed by atoms with Gasteiger partial charge in [-0.2, -0.15) is 0 Å². The number of aliphatic imine (C=N–C) groups is 1. The smallest absolute Gasteiger partial charge is 0.201 e. The van der Waals surface area contributed by atoms with Crippen molar-refractivity contribution >= 4 is 33.3 Å². The molecule has 6 aliphatic rings. The number of aryl methyl sites for hydroxylation is 2. The Labute approximate surface area is 468 Å². The summed E-state index contributed by atoms with van der Waals surface area (Å²) in [5.74, 6) is 17.0. The number of aliphatic hydroxyl groups excluding tert-OH is 3. The Balaban J connectivity index is 1.11. The van der Waals surface area contributed by atoms with Crippen molar-refractivity contribution in [3.8, 4) is 52.4 Å². The molecule has 4 aromatic rings. The second-order valence-corrected chi connectivity index (χ2v) is 25.1. The highest BCUT2D eigenvalue weighted by atomic mass is 33.1. The van der Waals surface area contributed by atoms with Crippen LogP contribution in [-0.4, -0.2) is 99.2 Å². The quantitative estimate of drug-likeness (QED) is 0.0553. The first-order valence-electron chi connectivity index (χ1n) is 28.1. The molecule has 15 heteroatoms. The number of ether oxygens (including phenoxy) is 3. The number of nitrogens with two attached hydrogens (primary N) is 1. The van der Waals surface area contributed by atoms with Gasteiger partial charge in [0, 0.05) is 72.3 Å². The average Bonchev–Trinajstić information content (AvgIpc) is 3.62. The molecule has 1 saturated carbocycles. The standard InChI is InChI=1S/C63H78N4O9S2/c1-39(2)56-37-78-77-36-54-53-34-52-45-19-22-49(70)33-48(69)21-18-43-20-23-57(72)59(74-3)51(43)16-7-14-46(31-45)58(60(52)76-61(53)73)75-38-65-63(25-9-17-55(54)66-62(64)67-56)24-8-13-41(35-63)27-42-29-47(32-50(71)30-42)44(15-10-26-68)28-40-11-5-4-6-12-40/h4-6,11-12,20,23,29-32,39,41,44,49,53-56,61,65,68,70-73H,8,10,13-15,18-19,21-22,24-28,33-38H2,1-3H3,(H3,64,66,67)/t41-,44-,49-,53+,54+,55-,56+,61-,63-/m1/s1. The first-order valence-corrected chi connectivity index (χ1v) is 30.5. The molecule has 0 unspecified atom stereocenters. The van der Waals surface area contributed by atoms with Crippen LogP contribution >= 0.6 is 21.6 Å². The molecule has 416 valence electrons. The zero-order valence-corrected chi connectivity index (χ0v) is 47.0. The van der Waals surface area contributed by atoms with Gasteiger partial charge in [-0.25, -0.2) is 4.99 Å². The summed E-state index contributed by atoms with van der Waals surface area (Å²) in [5, 5.41) is 63.2. The fraction of sp³-hybridized carbons (Fsp3) is 0.524. The molecule has 0 saturated heterocycles. The second kappa shape index (κ2) is 26.6. The summed E-state index contributed by atoms with van der Waals surface area (Å²) >= 11 is 0. The zero-order valence-electron chi connectivity index (χ0n) is 45.4. The van der Waals surface area contributed by atoms with E-state index in [1.54, 1.807) is 33.7 Å². The number of ketones is 1. The van der Waals surface area contributed by atoms with Crippen molar-refractivity contribution in [3.63, 3.8) is 0 Å². The third kappa shape index (κ3) is 14.3. The van der Waals surface area contributed by atoms with Crippen LogP contribution in [0.4, 0.5) is 0 Å². The van der Waals surface area contributed by atoms with Gasteiger partial charge in [0.05, 0.1) is 30.9 Å². The van der Waals surface area contributed by atoms with E-state index in [0.29, 0.717) is 67.3 Å². The van der Waals surface area contributed by atoms with E-state index in [1.807, 2.05) is 18.2 Å². The van der Waals surface area contributed by atoms with E-state index in [4.69, 9.17) is 24.9 Å². The monoisotopic (exact) mass is 1100 g/mol. The molecule has 2 aliphatic carbocycles. The molecule has 78 heavy (non-hydrogen) atoms. The van der Waals surface area contributed by atoms with E-state index in [2.05, 4.69) is 84.6 Å². The van der Waals surface area contributed by atoms with E-state index in [1.165, 1.54) is 12.7 Å². The number of fused-ring (bicyclic) bond motifs is 7. The molecule has 4 aromatic carbocycles. The van der Waals surface area contributed by atoms with E-state index in [0.717, 1.165) is 84.1 Å². The molecule has 0 aromatic heterocycles. The molecule has 4 heterocycles. The minimum absolute atomic E-state index is 0.00226. The zero-order chi connectivity index (χ0) is 54.8. The molecule has 10 rings (SSSR count). The Bertz CT molecular complexity index is 2900. The number of carbonyl (C=O) groups is 1. The number of Topliss-reactive ketones (excluding diaryl/α,β-unsaturated/α-hetero) is 1. The summed E-state index contributed by atoms with van der Waals surface area (Å²) in [7, 11) is 5.00. The first kappa shape index (κ1) is 57.2. The number of aromatic hydroxyl groups is 2. The van der Waals surface area contributed by atoms with Crippen LogP contribution in [0.25, 0.3) is 0 Å². The van der Waals surface area contributed by atoms with Crippen molar-refractivity contribution in [3.05, 3.63) is 111 Å². The third-order valence-electron chi connectivity index (χ3n) is 16.6. The van der Waals surface area contributed by atoms with Gasteiger partial charge in [-0.05, 0) is 134 Å². The second-order valence-electron chi connectivity index (χ2n) is 22.5. The van der Waals surface area contributed by atoms with Gasteiger partial charge in [0.1, 0.15) is 18.3 Å². The van der Waals surface area contributed by atoms with Gasteiger partial charge >= 0.3 is 0 Å². The number of hydrogen-bond acceptors (Lipinski definition) is 15. The van der Waals surface area contributed by atoms with Crippen LogP contribution in [0.3, 0.4) is 0 Å². The van der Waals surface area contributed by atoms with Crippen LogP contribution in [0, 0.1) is 47.4 Å². The fourth-order valence-corrected chi connectivity index (χ4v) is 15.2. The lowest BCUT2D eigenvalue weighted by molar-refractivity contribution is -0.121. The van der Waals surface area contributed by atoms with E-state index in [-0.39, 0.29) is 85.3 Å². The Hall–Kier alpha value is -5.52. The largest absolute Gasteiger partial charge is 0.508 e. The number of benzene rings is 4. The van der Waals surface area contributed by atoms with Crippen molar-refractivity contribution in [2.45, 2.75) is 153 Å². The number of nitrogens with zero attached hydrogens (tertiary/aromatic N) is 1. The first-order chi connectivity index (χ1) is 37.8. The van der Waals surface area contributed by atoms with Crippen LogP contribution in [0.5, 0.6) is 28.7 Å². The van der Waals surface area contributed by atoms with Gasteiger partial charge in [0.25, 0.3) is 0 Å². The van der Waals surface area contributed by atoms with Crippen molar-refractivity contribution in [1.29, 1.82) is 0 Å². The van der Waals surface area contributed by atoms with Gasteiger partial charge in [0.2, 0.25) is 6.29 Å². The minimum Gasteiger partial charge on any atom is -0.508 e. The molecule has 0 amide bonds. The summed E-state index contributed by atoms with van der Waals surface area (Å²) in [6, 6.07) is 21.4. The highest BCUT2D eigenvalue weighted by Crippen LogP contribution is 2.47. The lowest BCUT2D eigenvalue weighted by Gasteiger charge is -2.42. The maximum atomic E-state index is 13.4. The molecule has 0 radical (unpaired) electrons. The van der Waals surface area contributed by atoms with Crippen LogP contribution < -0.4 is 30.6 Å². The molecule has 9 atom stereocenters. The van der Waals surface area contributed by atoms with Gasteiger partial charge in [0.15, 0.2) is 29.0 Å². The van der Waals surface area contributed by atoms with Crippen LogP contribution in [0.15, 0.2) is 71.7 Å². The number of phenols is 2. The molecule has 6 bridgehead atoms. The van der Waals surface area contributed by atoms with Crippen LogP contribution in [0.1, 0.15) is 128 Å². The maximum absolute atomic E-state index is 13.4. The van der Waals surface area contributed by atoms with E-state index < -0.39 is 29.9 Å². The number of aliphatic hydroxyl groups is 3. The predicted molar refractivity (Wildman–Crippen MR) is 310 cm³/mol. The summed E-state index contributed by atoms with van der Waals surface area (Å²) in [4.78, 5) is 18.4. The van der Waals surface area contributed by atoms with Gasteiger partial charge in [-0.3, -0.25) is 10.1 Å². The van der Waals surface area contributed by atoms with E-state index >= 15 is 0 Å². The molecule has 9 N–H and O–H groups in total. The van der Waals surface area contributed by atoms with E-state index in [9.17, 15) is 30.3 Å². The van der Waals surface area contributed by atoms with Gasteiger partial charge < -0.3 is 50.8 Å². The number of carbonyl (C=O) groups excluding carboxylic acids is 1. The maximum Gasteiger partial charge on any atom is 0.201 e. The van der Waals surface area contributed by atoms with Crippen LogP contribution in [-0.2, 0) is 43.3 Å². The lowest BCUT2D eigenvalue weighted by atomic mass is 9.72. The van der Waals surface area contributed by atoms with Gasteiger partial charge in [-0.1, -0.05) is 114 Å². The number of rotatable bonds is 10. The number of methoxy groups -OCH3 is 1. The van der Waals surface area contributed by atoms with Gasteiger partial charge in [-0.15, -0.1) is 0 Å². The third-order valence-corrected chi connectivity index (χ3v) is 19.1. The number of guanidine groups is 1. The van der Waals surface area contributed by atoms with Crippen molar-refractivity contribution in [1.82, 2.24) is 10.6 Å². The van der Waals surface area contributed by atoms with Crippen molar-refractivity contribution in [2.75, 3.05) is 32.0 Å². The highest BCUT2D eigenvalue weighted by Gasteiger charge is 2.43. The summed E-state index contributed by atoms with van der Waals surface area (Å²) in [6.07, 6.45) is 7.05. The molecular formula is C63H78N4O9S2. The summed E-state index contributed by atoms with van der Waals surface area (Å²) in [5.41, 5.74) is 13.5. The fourth-order valence-electron chi connectivity index (χ4n) is 12.4. The summed E-state index contributed by atoms with van der Waals surface area (Å²) < 4.78 is 19.4. The Morgan fingerprint density at radius 3 is 2.56 bits per heavy atom. The number of hydrogen-bond donors (Lipinski definition) is 8. The highest BCUT2D eigenvalue weighted by molar-refractivity contribution is 8.76. The summed E-state index contributed by atoms with van der Waals surface area (Å²) in [6.45, 7) is 4.53. The van der Waals surface area contributed by atoms with Crippen molar-refractivity contribution < 1.29 is 44.5 Å². The minimum atomic E-state index is -1.24. The predicted octanol–water partition coefficient (Wildman–Crippen LogP) is 8.68. The average molecular weight is 1100 g/mol. The molecular weight excluding hydrogens is 1020 g/mol. The Morgan fingerprint density at radius 2 is 1.76 bits per heavy atom. The van der Waals surface area contributed by atoms with Crippen molar-refractivity contribution in [2.24, 2.45) is 34.4 Å². The number of phenolic OH excluding ortho intramolecular Hbond substituents is 2. The number of nitrogens with one attached hydrogen (secondary N) is 2. The Kier molecular flexibility index (Phi) is 19.5. The molecule has 13 nitrogen and oxygen atoms in total. The molecule has 1 fully saturated rings. The van der Waals surface area contributed by atoms with Crippen LogP contribution in [0.2, 0.25) is 0 Å². The lowest BCUT2D eigenvalue weighted by Crippen LogP contribution is -2.52. The Morgan fingerprint density at radius 1 is 0.923 bits per heavy atom.